The Bertz CT molecular complexity index is 1020. The van der Waals surface area contributed by atoms with Crippen molar-refractivity contribution in [3.63, 3.8) is 0 Å². The molecule has 148 valence electrons. The number of rotatable bonds is 6. The largest absolute Gasteiger partial charge is 0.248 e. The fraction of sp³-hybridized carbons (Fsp3) is 0.280. The minimum atomic E-state index is 0.642. The summed E-state index contributed by atoms with van der Waals surface area (Å²) in [6.07, 6.45) is 1.82. The number of hydrogen-bond acceptors (Lipinski definition) is 2. The van der Waals surface area contributed by atoms with E-state index in [1.54, 1.807) is 0 Å². The number of benzene rings is 2. The fourth-order valence-electron chi connectivity index (χ4n) is 3.98. The van der Waals surface area contributed by atoms with Gasteiger partial charge in [0, 0.05) is 35.4 Å². The molecule has 2 aromatic heterocycles. The maximum absolute atomic E-state index is 4.82. The molecular weight excluding hydrogens is 356 g/mol. The first-order valence-electron chi connectivity index (χ1n) is 10.2. The SMILES string of the molecule is Cc1nn(Cn2nc(C)c(Cc3ccccc3)c2C)c(C)c1Cc1ccccc1. The zero-order chi connectivity index (χ0) is 20.4. The minimum Gasteiger partial charge on any atom is -0.248 e. The second-order valence-electron chi connectivity index (χ2n) is 7.76. The van der Waals surface area contributed by atoms with Crippen molar-refractivity contribution in [3.8, 4) is 0 Å². The molecule has 0 radical (unpaired) electrons. The summed E-state index contributed by atoms with van der Waals surface area (Å²) >= 11 is 0. The summed E-state index contributed by atoms with van der Waals surface area (Å²) in [5.74, 6) is 0. The quantitative estimate of drug-likeness (QED) is 0.469. The van der Waals surface area contributed by atoms with E-state index in [1.165, 1.54) is 33.6 Å². The van der Waals surface area contributed by atoms with Crippen LogP contribution in [0.1, 0.15) is 45.0 Å². The van der Waals surface area contributed by atoms with Crippen LogP contribution in [-0.2, 0) is 19.5 Å². The standard InChI is InChI=1S/C25H28N4/c1-18-24(15-22-11-7-5-8-12-22)20(3)28(26-18)17-29-21(4)25(19(2)27-29)16-23-13-9-6-10-14-23/h5-14H,15-17H2,1-4H3. The molecule has 4 heteroatoms. The summed E-state index contributed by atoms with van der Waals surface area (Å²) in [4.78, 5) is 0. The van der Waals surface area contributed by atoms with E-state index in [0.717, 1.165) is 24.2 Å². The normalized spacial score (nSPS) is 11.2. The Kier molecular flexibility index (Phi) is 5.34. The topological polar surface area (TPSA) is 35.6 Å². The summed E-state index contributed by atoms with van der Waals surface area (Å²) < 4.78 is 4.17. The lowest BCUT2D eigenvalue weighted by Gasteiger charge is -2.09. The maximum atomic E-state index is 4.82. The van der Waals surface area contributed by atoms with Gasteiger partial charge in [-0.2, -0.15) is 10.2 Å². The van der Waals surface area contributed by atoms with E-state index in [4.69, 9.17) is 10.2 Å². The molecule has 0 aliphatic rings. The molecule has 0 atom stereocenters. The molecule has 0 amide bonds. The third-order valence-corrected chi connectivity index (χ3v) is 5.78. The Hall–Kier alpha value is -3.14. The van der Waals surface area contributed by atoms with Gasteiger partial charge in [0.2, 0.25) is 0 Å². The van der Waals surface area contributed by atoms with Crippen molar-refractivity contribution >= 4 is 0 Å². The first kappa shape index (κ1) is 19.2. The second kappa shape index (κ2) is 8.08. The molecule has 2 heterocycles. The monoisotopic (exact) mass is 384 g/mol. The lowest BCUT2D eigenvalue weighted by Crippen LogP contribution is -2.14. The number of aryl methyl sites for hydroxylation is 2. The van der Waals surface area contributed by atoms with Crippen LogP contribution in [0.2, 0.25) is 0 Å². The fourth-order valence-corrected chi connectivity index (χ4v) is 3.98. The van der Waals surface area contributed by atoms with Gasteiger partial charge in [-0.1, -0.05) is 60.7 Å². The predicted octanol–water partition coefficient (Wildman–Crippen LogP) is 5.00. The summed E-state index contributed by atoms with van der Waals surface area (Å²) in [6.45, 7) is 9.17. The second-order valence-corrected chi connectivity index (χ2v) is 7.76. The van der Waals surface area contributed by atoms with Crippen molar-refractivity contribution < 1.29 is 0 Å². The van der Waals surface area contributed by atoms with Crippen molar-refractivity contribution in [3.05, 3.63) is 106 Å². The molecule has 2 aromatic carbocycles. The lowest BCUT2D eigenvalue weighted by atomic mass is 10.0. The first-order chi connectivity index (χ1) is 14.0. The molecule has 0 spiro atoms. The highest BCUT2D eigenvalue weighted by Crippen LogP contribution is 2.21. The van der Waals surface area contributed by atoms with Gasteiger partial charge in [0.25, 0.3) is 0 Å². The molecule has 0 bridgehead atoms. The molecule has 0 unspecified atom stereocenters. The molecule has 0 saturated carbocycles. The molecule has 4 aromatic rings. The van der Waals surface area contributed by atoms with Crippen LogP contribution in [0.3, 0.4) is 0 Å². The van der Waals surface area contributed by atoms with Crippen LogP contribution < -0.4 is 0 Å². The zero-order valence-electron chi connectivity index (χ0n) is 17.7. The molecule has 0 aliphatic carbocycles. The van der Waals surface area contributed by atoms with E-state index in [1.807, 2.05) is 0 Å². The Morgan fingerprint density at radius 1 is 0.586 bits per heavy atom. The summed E-state index contributed by atoms with van der Waals surface area (Å²) in [5, 5.41) is 9.64. The van der Waals surface area contributed by atoms with E-state index in [2.05, 4.69) is 97.7 Å². The smallest absolute Gasteiger partial charge is 0.133 e. The van der Waals surface area contributed by atoms with Gasteiger partial charge >= 0.3 is 0 Å². The minimum absolute atomic E-state index is 0.642. The highest BCUT2D eigenvalue weighted by atomic mass is 15.4. The van der Waals surface area contributed by atoms with Crippen molar-refractivity contribution in [1.29, 1.82) is 0 Å². The number of hydrogen-bond donors (Lipinski definition) is 0. The first-order valence-corrected chi connectivity index (χ1v) is 10.2. The van der Waals surface area contributed by atoms with Crippen molar-refractivity contribution in [2.45, 2.75) is 47.2 Å². The van der Waals surface area contributed by atoms with Crippen LogP contribution in [0.15, 0.2) is 60.7 Å². The molecule has 4 rings (SSSR count). The van der Waals surface area contributed by atoms with Gasteiger partial charge in [0.05, 0.1) is 11.4 Å². The van der Waals surface area contributed by atoms with Gasteiger partial charge in [-0.05, 0) is 38.8 Å². The Morgan fingerprint density at radius 3 is 1.34 bits per heavy atom. The predicted molar refractivity (Wildman–Crippen MR) is 117 cm³/mol. The average Bonchev–Trinajstić information content (AvgIpc) is 3.14. The van der Waals surface area contributed by atoms with Crippen LogP contribution in [-0.4, -0.2) is 19.6 Å². The summed E-state index contributed by atoms with van der Waals surface area (Å²) in [7, 11) is 0. The Balaban J connectivity index is 1.58. The summed E-state index contributed by atoms with van der Waals surface area (Å²) in [6, 6.07) is 21.2. The maximum Gasteiger partial charge on any atom is 0.133 e. The Morgan fingerprint density at radius 2 is 0.966 bits per heavy atom. The zero-order valence-corrected chi connectivity index (χ0v) is 17.7. The van der Waals surface area contributed by atoms with Gasteiger partial charge in [0.15, 0.2) is 0 Å². The molecule has 29 heavy (non-hydrogen) atoms. The van der Waals surface area contributed by atoms with E-state index in [-0.39, 0.29) is 0 Å². The van der Waals surface area contributed by atoms with Gasteiger partial charge in [-0.25, -0.2) is 9.36 Å². The summed E-state index contributed by atoms with van der Waals surface area (Å²) in [5.41, 5.74) is 9.86. The highest BCUT2D eigenvalue weighted by molar-refractivity contribution is 5.33. The molecular formula is C25H28N4. The van der Waals surface area contributed by atoms with Gasteiger partial charge < -0.3 is 0 Å². The van der Waals surface area contributed by atoms with Crippen LogP contribution in [0, 0.1) is 27.7 Å². The van der Waals surface area contributed by atoms with Gasteiger partial charge in [-0.15, -0.1) is 0 Å². The van der Waals surface area contributed by atoms with Crippen LogP contribution >= 0.6 is 0 Å². The molecule has 4 nitrogen and oxygen atoms in total. The van der Waals surface area contributed by atoms with Crippen molar-refractivity contribution in [1.82, 2.24) is 19.6 Å². The van der Waals surface area contributed by atoms with Crippen LogP contribution in [0.4, 0.5) is 0 Å². The van der Waals surface area contributed by atoms with E-state index in [9.17, 15) is 0 Å². The molecule has 0 saturated heterocycles. The van der Waals surface area contributed by atoms with Crippen LogP contribution in [0.25, 0.3) is 0 Å². The van der Waals surface area contributed by atoms with E-state index in [0.29, 0.717) is 6.67 Å². The third kappa shape index (κ3) is 4.02. The molecule has 0 N–H and O–H groups in total. The lowest BCUT2D eigenvalue weighted by molar-refractivity contribution is 0.480. The molecule has 0 fully saturated rings. The average molecular weight is 385 g/mol. The van der Waals surface area contributed by atoms with Gasteiger partial charge in [-0.3, -0.25) is 0 Å². The Labute approximate surface area is 172 Å². The van der Waals surface area contributed by atoms with Crippen LogP contribution in [0.5, 0.6) is 0 Å². The van der Waals surface area contributed by atoms with Crippen molar-refractivity contribution in [2.75, 3.05) is 0 Å². The third-order valence-electron chi connectivity index (χ3n) is 5.78. The number of nitrogens with zero attached hydrogens (tertiary/aromatic N) is 4. The van der Waals surface area contributed by atoms with E-state index < -0.39 is 0 Å². The highest BCUT2D eigenvalue weighted by Gasteiger charge is 2.16. The van der Waals surface area contributed by atoms with Gasteiger partial charge in [0.1, 0.15) is 6.67 Å². The van der Waals surface area contributed by atoms with Crippen molar-refractivity contribution in [2.24, 2.45) is 0 Å². The number of aromatic nitrogens is 4. The van der Waals surface area contributed by atoms with E-state index >= 15 is 0 Å². The molecule has 0 aliphatic heterocycles.